The molecule has 1 saturated heterocycles. The molecule has 7 heteroatoms. The summed E-state index contributed by atoms with van der Waals surface area (Å²) in [5.74, 6) is -0.495. The van der Waals surface area contributed by atoms with E-state index in [4.69, 9.17) is 4.74 Å². The van der Waals surface area contributed by atoms with E-state index in [9.17, 15) is 14.4 Å². The number of ether oxygens (including phenoxy) is 1. The van der Waals surface area contributed by atoms with Crippen LogP contribution in [0, 0.1) is 5.92 Å². The highest BCUT2D eigenvalue weighted by Gasteiger charge is 2.55. The number of nitrogens with zero attached hydrogens (tertiary/aromatic N) is 1. The minimum Gasteiger partial charge on any atom is -0.377 e. The van der Waals surface area contributed by atoms with Crippen LogP contribution >= 0.6 is 0 Å². The van der Waals surface area contributed by atoms with Crippen LogP contribution < -0.4 is 10.6 Å². The average molecular weight is 387 g/mol. The van der Waals surface area contributed by atoms with Gasteiger partial charge in [-0.1, -0.05) is 50.1 Å². The van der Waals surface area contributed by atoms with Gasteiger partial charge in [0, 0.05) is 13.2 Å². The number of imide groups is 1. The van der Waals surface area contributed by atoms with Crippen LogP contribution in [-0.4, -0.2) is 48.0 Å². The molecule has 3 rings (SSSR count). The zero-order valence-electron chi connectivity index (χ0n) is 16.4. The van der Waals surface area contributed by atoms with E-state index in [-0.39, 0.29) is 24.3 Å². The highest BCUT2D eigenvalue weighted by molar-refractivity contribution is 6.09. The van der Waals surface area contributed by atoms with Crippen molar-refractivity contribution in [1.29, 1.82) is 0 Å². The molecular formula is C21H29N3O4. The Kier molecular flexibility index (Phi) is 6.67. The van der Waals surface area contributed by atoms with Gasteiger partial charge in [-0.15, -0.1) is 0 Å². The van der Waals surface area contributed by atoms with Gasteiger partial charge in [-0.25, -0.2) is 4.79 Å². The summed E-state index contributed by atoms with van der Waals surface area (Å²) < 4.78 is 5.58. The second-order valence-corrected chi connectivity index (χ2v) is 7.68. The summed E-state index contributed by atoms with van der Waals surface area (Å²) >= 11 is 0. The number of urea groups is 1. The summed E-state index contributed by atoms with van der Waals surface area (Å²) in [6.07, 6.45) is 4.21. The molecule has 2 fully saturated rings. The van der Waals surface area contributed by atoms with Gasteiger partial charge in [-0.2, -0.15) is 0 Å². The number of hydrogen-bond acceptors (Lipinski definition) is 4. The lowest BCUT2D eigenvalue weighted by Crippen LogP contribution is -2.54. The Hall–Kier alpha value is -2.41. The maximum Gasteiger partial charge on any atom is 0.325 e. The maximum absolute atomic E-state index is 12.8. The fourth-order valence-corrected chi connectivity index (χ4v) is 4.00. The lowest BCUT2D eigenvalue weighted by Gasteiger charge is -2.36. The summed E-state index contributed by atoms with van der Waals surface area (Å²) in [5, 5.41) is 5.62. The Bertz CT molecular complexity index is 709. The first-order valence-corrected chi connectivity index (χ1v) is 10.1. The normalized spacial score (nSPS) is 24.5. The molecule has 0 aromatic heterocycles. The molecule has 1 aromatic rings. The van der Waals surface area contributed by atoms with Crippen molar-refractivity contribution < 1.29 is 19.1 Å². The molecule has 2 aliphatic rings. The Labute approximate surface area is 165 Å². The van der Waals surface area contributed by atoms with Crippen molar-refractivity contribution in [1.82, 2.24) is 15.5 Å². The van der Waals surface area contributed by atoms with Crippen molar-refractivity contribution in [3.8, 4) is 0 Å². The molecule has 1 aromatic carbocycles. The van der Waals surface area contributed by atoms with E-state index >= 15 is 0 Å². The highest BCUT2D eigenvalue weighted by atomic mass is 16.5. The lowest BCUT2D eigenvalue weighted by molar-refractivity contribution is -0.137. The van der Waals surface area contributed by atoms with Gasteiger partial charge >= 0.3 is 6.03 Å². The molecule has 1 heterocycles. The minimum atomic E-state index is -0.819. The first kappa shape index (κ1) is 20.3. The smallest absolute Gasteiger partial charge is 0.325 e. The molecule has 28 heavy (non-hydrogen) atoms. The van der Waals surface area contributed by atoms with Crippen molar-refractivity contribution in [2.45, 2.75) is 51.2 Å². The van der Waals surface area contributed by atoms with Gasteiger partial charge in [0.2, 0.25) is 5.91 Å². The number of carbonyl (C=O) groups is 3. The van der Waals surface area contributed by atoms with Gasteiger partial charge in [0.15, 0.2) is 0 Å². The second-order valence-electron chi connectivity index (χ2n) is 7.68. The number of rotatable bonds is 8. The Morgan fingerprint density at radius 2 is 2.07 bits per heavy atom. The van der Waals surface area contributed by atoms with E-state index in [1.54, 1.807) is 0 Å². The molecule has 1 saturated carbocycles. The molecule has 0 radical (unpaired) electrons. The van der Waals surface area contributed by atoms with Crippen LogP contribution in [0.1, 0.15) is 44.6 Å². The molecular weight excluding hydrogens is 358 g/mol. The number of benzene rings is 1. The molecule has 2 N–H and O–H groups in total. The van der Waals surface area contributed by atoms with Crippen LogP contribution in [0.2, 0.25) is 0 Å². The molecule has 0 bridgehead atoms. The molecule has 0 unspecified atom stereocenters. The van der Waals surface area contributed by atoms with E-state index in [0.717, 1.165) is 29.7 Å². The van der Waals surface area contributed by atoms with Gasteiger partial charge in [-0.3, -0.25) is 14.5 Å². The number of amides is 4. The van der Waals surface area contributed by atoms with Gasteiger partial charge in [-0.05, 0) is 30.7 Å². The Morgan fingerprint density at radius 3 is 2.82 bits per heavy atom. The Morgan fingerprint density at radius 1 is 1.29 bits per heavy atom. The number of carbonyl (C=O) groups excluding carboxylic acids is 3. The zero-order chi connectivity index (χ0) is 20.0. The number of hydrogen-bond donors (Lipinski definition) is 2. The quantitative estimate of drug-likeness (QED) is 0.529. The van der Waals surface area contributed by atoms with Gasteiger partial charge in [0.1, 0.15) is 12.1 Å². The third-order valence-corrected chi connectivity index (χ3v) is 5.70. The summed E-state index contributed by atoms with van der Waals surface area (Å²) in [6, 6.07) is 9.43. The standard InChI is InChI=1S/C21H29N3O4/c1-16-8-5-6-11-21(16)19(26)24(20(27)23-21)14-18(25)22-12-7-13-28-15-17-9-3-2-4-10-17/h2-4,9-10,16H,5-8,11-15H2,1H3,(H,22,25)(H,23,27)/t16-,21-/m1/s1. The molecule has 1 aliphatic carbocycles. The van der Waals surface area contributed by atoms with Crippen LogP contribution in [0.25, 0.3) is 0 Å². The third kappa shape index (κ3) is 4.52. The maximum atomic E-state index is 12.8. The lowest BCUT2D eigenvalue weighted by atomic mass is 9.73. The highest BCUT2D eigenvalue weighted by Crippen LogP contribution is 2.38. The molecule has 152 valence electrons. The van der Waals surface area contributed by atoms with Crippen LogP contribution in [0.5, 0.6) is 0 Å². The molecule has 1 aliphatic heterocycles. The van der Waals surface area contributed by atoms with Crippen LogP contribution in [0.3, 0.4) is 0 Å². The van der Waals surface area contributed by atoms with Crippen LogP contribution in [0.15, 0.2) is 30.3 Å². The van der Waals surface area contributed by atoms with Gasteiger partial charge in [0.05, 0.1) is 6.61 Å². The van der Waals surface area contributed by atoms with E-state index in [1.807, 2.05) is 37.3 Å². The Balaban J connectivity index is 1.37. The fourth-order valence-electron chi connectivity index (χ4n) is 4.00. The number of nitrogens with one attached hydrogen (secondary N) is 2. The van der Waals surface area contributed by atoms with Crippen molar-refractivity contribution >= 4 is 17.8 Å². The summed E-state index contributed by atoms with van der Waals surface area (Å²) in [5.41, 5.74) is 0.289. The van der Waals surface area contributed by atoms with Crippen molar-refractivity contribution in [2.75, 3.05) is 19.7 Å². The van der Waals surface area contributed by atoms with Crippen LogP contribution in [0.4, 0.5) is 4.79 Å². The monoisotopic (exact) mass is 387 g/mol. The first-order chi connectivity index (χ1) is 13.5. The molecule has 2 atom stereocenters. The van der Waals surface area contributed by atoms with Gasteiger partial charge in [0.25, 0.3) is 5.91 Å². The van der Waals surface area contributed by atoms with E-state index in [0.29, 0.717) is 32.6 Å². The predicted octanol–water partition coefficient (Wildman–Crippen LogP) is 2.21. The summed E-state index contributed by atoms with van der Waals surface area (Å²) in [7, 11) is 0. The second kappa shape index (κ2) is 9.19. The van der Waals surface area contributed by atoms with E-state index in [2.05, 4.69) is 10.6 Å². The average Bonchev–Trinajstić information content (AvgIpc) is 2.93. The van der Waals surface area contributed by atoms with E-state index in [1.165, 1.54) is 0 Å². The van der Waals surface area contributed by atoms with Crippen molar-refractivity contribution in [2.24, 2.45) is 5.92 Å². The predicted molar refractivity (Wildman–Crippen MR) is 104 cm³/mol. The topological polar surface area (TPSA) is 87.7 Å². The SMILES string of the molecule is C[C@@H]1CCCC[C@@]12NC(=O)N(CC(=O)NCCCOCc1ccccc1)C2=O. The van der Waals surface area contributed by atoms with Crippen LogP contribution in [-0.2, 0) is 20.9 Å². The zero-order valence-corrected chi connectivity index (χ0v) is 16.4. The van der Waals surface area contributed by atoms with Crippen molar-refractivity contribution in [3.63, 3.8) is 0 Å². The molecule has 4 amide bonds. The third-order valence-electron chi connectivity index (χ3n) is 5.70. The fraction of sp³-hybridized carbons (Fsp3) is 0.571. The minimum absolute atomic E-state index is 0.0903. The first-order valence-electron chi connectivity index (χ1n) is 10.1. The molecule has 7 nitrogen and oxygen atoms in total. The molecule has 1 spiro atoms. The van der Waals surface area contributed by atoms with Gasteiger partial charge < -0.3 is 15.4 Å². The largest absolute Gasteiger partial charge is 0.377 e. The van der Waals surface area contributed by atoms with Crippen molar-refractivity contribution in [3.05, 3.63) is 35.9 Å². The summed E-state index contributed by atoms with van der Waals surface area (Å²) in [4.78, 5) is 38.3. The summed E-state index contributed by atoms with van der Waals surface area (Å²) in [6.45, 7) is 3.27. The van der Waals surface area contributed by atoms with E-state index < -0.39 is 11.6 Å².